The molecule has 6 heteroatoms. The van der Waals surface area contributed by atoms with E-state index < -0.39 is 12.8 Å². The van der Waals surface area contributed by atoms with Crippen LogP contribution in [0.3, 0.4) is 0 Å². The van der Waals surface area contributed by atoms with E-state index in [0.717, 1.165) is 13.1 Å². The standard InChI is InChI=1S/C13H24F3NO2/c1-12(11-3-4-11,9-17-6-8-18-2)5-7-19-10-13(14,15)16/h11,17H,3-10H2,1-2H3. The summed E-state index contributed by atoms with van der Waals surface area (Å²) in [5.41, 5.74) is 0.0271. The third kappa shape index (κ3) is 7.13. The Bertz CT molecular complexity index is 257. The van der Waals surface area contributed by atoms with E-state index in [4.69, 9.17) is 9.47 Å². The maximum absolute atomic E-state index is 12.0. The van der Waals surface area contributed by atoms with Gasteiger partial charge in [-0.25, -0.2) is 0 Å². The quantitative estimate of drug-likeness (QED) is 0.625. The monoisotopic (exact) mass is 283 g/mol. The number of ether oxygens (including phenoxy) is 2. The highest BCUT2D eigenvalue weighted by Crippen LogP contribution is 2.47. The fourth-order valence-electron chi connectivity index (χ4n) is 2.26. The molecule has 1 aliphatic rings. The Balaban J connectivity index is 2.23. The molecule has 1 atom stereocenters. The van der Waals surface area contributed by atoms with E-state index in [2.05, 4.69) is 12.2 Å². The lowest BCUT2D eigenvalue weighted by molar-refractivity contribution is -0.175. The fraction of sp³-hybridized carbons (Fsp3) is 1.00. The van der Waals surface area contributed by atoms with Crippen LogP contribution in [0.2, 0.25) is 0 Å². The van der Waals surface area contributed by atoms with Crippen LogP contribution in [0.25, 0.3) is 0 Å². The zero-order valence-electron chi connectivity index (χ0n) is 11.7. The minimum absolute atomic E-state index is 0.0271. The van der Waals surface area contributed by atoms with Gasteiger partial charge in [-0.3, -0.25) is 0 Å². The van der Waals surface area contributed by atoms with E-state index in [-0.39, 0.29) is 12.0 Å². The largest absolute Gasteiger partial charge is 0.411 e. The van der Waals surface area contributed by atoms with Crippen LogP contribution in [-0.2, 0) is 9.47 Å². The molecule has 0 aromatic heterocycles. The third-order valence-electron chi connectivity index (χ3n) is 3.66. The summed E-state index contributed by atoms with van der Waals surface area (Å²) in [6.07, 6.45) is -1.23. The van der Waals surface area contributed by atoms with Crippen LogP contribution in [0.4, 0.5) is 13.2 Å². The maximum atomic E-state index is 12.0. The van der Waals surface area contributed by atoms with Crippen LogP contribution in [-0.4, -0.2) is 46.2 Å². The van der Waals surface area contributed by atoms with E-state index >= 15 is 0 Å². The third-order valence-corrected chi connectivity index (χ3v) is 3.66. The summed E-state index contributed by atoms with van der Waals surface area (Å²) in [5.74, 6) is 0.608. The maximum Gasteiger partial charge on any atom is 0.411 e. The van der Waals surface area contributed by atoms with Gasteiger partial charge in [0.25, 0.3) is 0 Å². The van der Waals surface area contributed by atoms with Crippen molar-refractivity contribution >= 4 is 0 Å². The number of nitrogens with one attached hydrogen (secondary N) is 1. The van der Waals surface area contributed by atoms with Crippen molar-refractivity contribution in [2.75, 3.05) is 40.0 Å². The van der Waals surface area contributed by atoms with Gasteiger partial charge in [-0.2, -0.15) is 13.2 Å². The van der Waals surface area contributed by atoms with Crippen molar-refractivity contribution < 1.29 is 22.6 Å². The molecule has 114 valence electrons. The average Bonchev–Trinajstić information content (AvgIpc) is 3.14. The van der Waals surface area contributed by atoms with Crippen molar-refractivity contribution in [2.45, 2.75) is 32.4 Å². The predicted octanol–water partition coefficient (Wildman–Crippen LogP) is 2.61. The topological polar surface area (TPSA) is 30.5 Å². The second kappa shape index (κ2) is 7.45. The Hall–Kier alpha value is -0.330. The van der Waals surface area contributed by atoms with Crippen LogP contribution < -0.4 is 5.32 Å². The van der Waals surface area contributed by atoms with Crippen molar-refractivity contribution in [1.82, 2.24) is 5.32 Å². The molecule has 0 heterocycles. The van der Waals surface area contributed by atoms with Crippen molar-refractivity contribution in [3.63, 3.8) is 0 Å². The lowest BCUT2D eigenvalue weighted by Gasteiger charge is -2.30. The average molecular weight is 283 g/mol. The molecule has 0 amide bonds. The number of halogens is 3. The SMILES string of the molecule is COCCNCC(C)(CCOCC(F)(F)F)C1CC1. The molecule has 3 nitrogen and oxygen atoms in total. The highest BCUT2D eigenvalue weighted by Gasteiger charge is 2.40. The number of alkyl halides is 3. The highest BCUT2D eigenvalue weighted by atomic mass is 19.4. The first-order chi connectivity index (χ1) is 8.87. The lowest BCUT2D eigenvalue weighted by Crippen LogP contribution is -2.36. The van der Waals surface area contributed by atoms with Crippen LogP contribution in [0.1, 0.15) is 26.2 Å². The van der Waals surface area contributed by atoms with E-state index in [9.17, 15) is 13.2 Å². The zero-order valence-corrected chi connectivity index (χ0v) is 11.7. The van der Waals surface area contributed by atoms with Crippen LogP contribution in [0.15, 0.2) is 0 Å². The Morgan fingerprint density at radius 3 is 2.42 bits per heavy atom. The molecule has 1 rings (SSSR count). The Labute approximate surface area is 112 Å². The Morgan fingerprint density at radius 2 is 1.89 bits per heavy atom. The zero-order chi connectivity index (χ0) is 14.4. The summed E-state index contributed by atoms with van der Waals surface area (Å²) in [6.45, 7) is 3.36. The molecule has 1 unspecified atom stereocenters. The molecule has 0 bridgehead atoms. The van der Waals surface area contributed by atoms with E-state index in [1.165, 1.54) is 12.8 Å². The van der Waals surface area contributed by atoms with E-state index in [1.54, 1.807) is 7.11 Å². The highest BCUT2D eigenvalue weighted by molar-refractivity contribution is 4.92. The fourth-order valence-corrected chi connectivity index (χ4v) is 2.26. The van der Waals surface area contributed by atoms with Crippen LogP contribution >= 0.6 is 0 Å². The molecule has 0 aliphatic heterocycles. The first-order valence-corrected chi connectivity index (χ1v) is 6.71. The molecule has 1 aliphatic carbocycles. The molecule has 1 saturated carbocycles. The van der Waals surface area contributed by atoms with Gasteiger partial charge in [0, 0.05) is 26.8 Å². The molecule has 0 radical (unpaired) electrons. The summed E-state index contributed by atoms with van der Waals surface area (Å²) in [5, 5.41) is 3.30. The molecular weight excluding hydrogens is 259 g/mol. The molecule has 19 heavy (non-hydrogen) atoms. The summed E-state index contributed by atoms with van der Waals surface area (Å²) < 4.78 is 45.6. The predicted molar refractivity (Wildman–Crippen MR) is 67.1 cm³/mol. The lowest BCUT2D eigenvalue weighted by atomic mass is 9.81. The number of rotatable bonds is 10. The van der Waals surface area contributed by atoms with E-state index in [0.29, 0.717) is 18.9 Å². The van der Waals surface area contributed by atoms with Gasteiger partial charge in [0.2, 0.25) is 0 Å². The van der Waals surface area contributed by atoms with Crippen molar-refractivity contribution in [2.24, 2.45) is 11.3 Å². The molecule has 0 aromatic rings. The van der Waals surface area contributed by atoms with Gasteiger partial charge in [0.05, 0.1) is 6.61 Å². The first-order valence-electron chi connectivity index (χ1n) is 6.71. The minimum Gasteiger partial charge on any atom is -0.383 e. The van der Waals surface area contributed by atoms with Gasteiger partial charge < -0.3 is 14.8 Å². The van der Waals surface area contributed by atoms with E-state index in [1.807, 2.05) is 0 Å². The molecule has 1 fully saturated rings. The van der Waals surface area contributed by atoms with Gasteiger partial charge in [-0.05, 0) is 30.6 Å². The number of methoxy groups -OCH3 is 1. The molecule has 1 N–H and O–H groups in total. The van der Waals surface area contributed by atoms with Crippen LogP contribution in [0.5, 0.6) is 0 Å². The second-order valence-corrected chi connectivity index (χ2v) is 5.52. The van der Waals surface area contributed by atoms with Gasteiger partial charge in [0.1, 0.15) is 6.61 Å². The summed E-state index contributed by atoms with van der Waals surface area (Å²) in [6, 6.07) is 0. The van der Waals surface area contributed by atoms with Gasteiger partial charge in [-0.1, -0.05) is 6.92 Å². The normalized spacial score (nSPS) is 19.4. The Morgan fingerprint density at radius 1 is 1.21 bits per heavy atom. The summed E-state index contributed by atoms with van der Waals surface area (Å²) in [7, 11) is 1.65. The van der Waals surface area contributed by atoms with Gasteiger partial charge in [0.15, 0.2) is 0 Å². The van der Waals surface area contributed by atoms with Crippen LogP contribution in [0, 0.1) is 11.3 Å². The van der Waals surface area contributed by atoms with Gasteiger partial charge >= 0.3 is 6.18 Å². The van der Waals surface area contributed by atoms with Crippen molar-refractivity contribution in [3.05, 3.63) is 0 Å². The smallest absolute Gasteiger partial charge is 0.383 e. The summed E-state index contributed by atoms with van der Waals surface area (Å²) >= 11 is 0. The number of hydrogen-bond acceptors (Lipinski definition) is 3. The summed E-state index contributed by atoms with van der Waals surface area (Å²) in [4.78, 5) is 0. The molecule has 0 aromatic carbocycles. The molecular formula is C13H24F3NO2. The number of hydrogen-bond donors (Lipinski definition) is 1. The Kier molecular flexibility index (Phi) is 6.56. The molecule has 0 saturated heterocycles. The van der Waals surface area contributed by atoms with Crippen molar-refractivity contribution in [1.29, 1.82) is 0 Å². The van der Waals surface area contributed by atoms with Crippen molar-refractivity contribution in [3.8, 4) is 0 Å². The minimum atomic E-state index is -4.23. The van der Waals surface area contributed by atoms with Gasteiger partial charge in [-0.15, -0.1) is 0 Å². The second-order valence-electron chi connectivity index (χ2n) is 5.52. The molecule has 0 spiro atoms. The first kappa shape index (κ1) is 16.7.